The number of halogens is 2. The second-order valence-electron chi connectivity index (χ2n) is 9.11. The monoisotopic (exact) mass is 642 g/mol. The molecule has 6 nitrogen and oxygen atoms in total. The second kappa shape index (κ2) is 12.6. The molecular weight excluding hydrogens is 616 g/mol. The lowest BCUT2D eigenvalue weighted by atomic mass is 9.93. The van der Waals surface area contributed by atoms with Crippen molar-refractivity contribution in [3.05, 3.63) is 139 Å². The Morgan fingerprint density at radius 3 is 0.579 bits per heavy atom. The highest BCUT2D eigenvalue weighted by Crippen LogP contribution is 2.34. The van der Waals surface area contributed by atoms with Gasteiger partial charge in [0.05, 0.1) is 0 Å². The normalized spacial score (nSPS) is 16.3. The summed E-state index contributed by atoms with van der Waals surface area (Å²) in [4.78, 5) is 0. The quantitative estimate of drug-likeness (QED) is 0.143. The SMILES string of the molecule is OC(c1ccc(Br)cc1)C(O)c1ccc(C(O)C(O)c2ccc(C(O)C(O)c3ccc(Br)cc3)cc2)cc1. The summed E-state index contributed by atoms with van der Waals surface area (Å²) in [5.74, 6) is 0. The number of aliphatic hydroxyl groups is 6. The van der Waals surface area contributed by atoms with E-state index in [2.05, 4.69) is 31.9 Å². The molecule has 8 heteroatoms. The molecule has 6 atom stereocenters. The van der Waals surface area contributed by atoms with E-state index in [9.17, 15) is 30.6 Å². The van der Waals surface area contributed by atoms with E-state index in [0.29, 0.717) is 33.4 Å². The summed E-state index contributed by atoms with van der Waals surface area (Å²) in [6.45, 7) is 0. The predicted octanol–water partition coefficient (Wildman–Crippen LogP) is 5.51. The Kier molecular flexibility index (Phi) is 9.51. The van der Waals surface area contributed by atoms with Gasteiger partial charge in [-0.15, -0.1) is 0 Å². The minimum absolute atomic E-state index is 0.432. The summed E-state index contributed by atoms with van der Waals surface area (Å²) >= 11 is 6.68. The third-order valence-electron chi connectivity index (χ3n) is 6.56. The molecule has 6 N–H and O–H groups in total. The maximum Gasteiger partial charge on any atom is 0.109 e. The molecule has 38 heavy (non-hydrogen) atoms. The van der Waals surface area contributed by atoms with E-state index < -0.39 is 36.6 Å². The van der Waals surface area contributed by atoms with Gasteiger partial charge < -0.3 is 30.6 Å². The average Bonchev–Trinajstić information content (AvgIpc) is 2.96. The predicted molar refractivity (Wildman–Crippen MR) is 151 cm³/mol. The van der Waals surface area contributed by atoms with Crippen LogP contribution in [0.5, 0.6) is 0 Å². The third-order valence-corrected chi connectivity index (χ3v) is 7.62. The van der Waals surface area contributed by atoms with Crippen LogP contribution >= 0.6 is 31.9 Å². The fourth-order valence-corrected chi connectivity index (χ4v) is 4.72. The van der Waals surface area contributed by atoms with Crippen molar-refractivity contribution in [2.75, 3.05) is 0 Å². The molecule has 0 aliphatic rings. The van der Waals surface area contributed by atoms with E-state index >= 15 is 0 Å². The molecule has 4 aromatic rings. The summed E-state index contributed by atoms with van der Waals surface area (Å²) in [6, 6.07) is 26.8. The van der Waals surface area contributed by atoms with Gasteiger partial charge >= 0.3 is 0 Å². The number of rotatable bonds is 9. The highest BCUT2D eigenvalue weighted by molar-refractivity contribution is 9.10. The van der Waals surface area contributed by atoms with Gasteiger partial charge in [-0.3, -0.25) is 0 Å². The molecule has 0 fully saturated rings. The largest absolute Gasteiger partial charge is 0.385 e. The van der Waals surface area contributed by atoms with Crippen molar-refractivity contribution in [1.82, 2.24) is 0 Å². The van der Waals surface area contributed by atoms with Gasteiger partial charge in [-0.25, -0.2) is 0 Å². The minimum atomic E-state index is -1.25. The van der Waals surface area contributed by atoms with Crippen LogP contribution in [0.25, 0.3) is 0 Å². The Hall–Kier alpha value is -2.40. The van der Waals surface area contributed by atoms with E-state index in [-0.39, 0.29) is 0 Å². The molecule has 4 rings (SSSR count). The first-order valence-corrected chi connectivity index (χ1v) is 13.5. The molecule has 0 spiro atoms. The van der Waals surface area contributed by atoms with Crippen molar-refractivity contribution in [3.8, 4) is 0 Å². The first-order valence-electron chi connectivity index (χ1n) is 11.9. The van der Waals surface area contributed by atoms with Crippen LogP contribution in [-0.2, 0) is 0 Å². The number of benzene rings is 4. The van der Waals surface area contributed by atoms with Gasteiger partial charge in [0, 0.05) is 8.95 Å². The zero-order valence-electron chi connectivity index (χ0n) is 20.1. The van der Waals surface area contributed by atoms with Crippen molar-refractivity contribution in [3.63, 3.8) is 0 Å². The Labute approximate surface area is 237 Å². The van der Waals surface area contributed by atoms with Crippen molar-refractivity contribution < 1.29 is 30.6 Å². The van der Waals surface area contributed by atoms with E-state index in [1.165, 1.54) is 0 Å². The molecule has 198 valence electrons. The molecular formula is C30H28Br2O6. The molecule has 0 amide bonds. The van der Waals surface area contributed by atoms with Crippen LogP contribution < -0.4 is 0 Å². The summed E-state index contributed by atoms with van der Waals surface area (Å²) in [5.41, 5.74) is 2.93. The molecule has 0 aromatic heterocycles. The van der Waals surface area contributed by atoms with Crippen molar-refractivity contribution in [2.24, 2.45) is 0 Å². The minimum Gasteiger partial charge on any atom is -0.385 e. The maximum absolute atomic E-state index is 10.8. The topological polar surface area (TPSA) is 121 Å². The lowest BCUT2D eigenvalue weighted by Crippen LogP contribution is -2.13. The fraction of sp³-hybridized carbons (Fsp3) is 0.200. The summed E-state index contributed by atoms with van der Waals surface area (Å²) in [5, 5.41) is 63.8. The second-order valence-corrected chi connectivity index (χ2v) is 10.9. The van der Waals surface area contributed by atoms with Crippen molar-refractivity contribution in [2.45, 2.75) is 36.6 Å². The highest BCUT2D eigenvalue weighted by Gasteiger charge is 2.25. The highest BCUT2D eigenvalue weighted by atomic mass is 79.9. The fourth-order valence-electron chi connectivity index (χ4n) is 4.19. The lowest BCUT2D eigenvalue weighted by Gasteiger charge is -2.22. The molecule has 6 unspecified atom stereocenters. The Morgan fingerprint density at radius 1 is 0.289 bits per heavy atom. The van der Waals surface area contributed by atoms with E-state index in [0.717, 1.165) is 8.95 Å². The lowest BCUT2D eigenvalue weighted by molar-refractivity contribution is 0.0143. The van der Waals surface area contributed by atoms with Crippen LogP contribution in [-0.4, -0.2) is 30.6 Å². The van der Waals surface area contributed by atoms with Gasteiger partial charge in [-0.1, -0.05) is 105 Å². The van der Waals surface area contributed by atoms with Crippen LogP contribution in [0.1, 0.15) is 70.0 Å². The van der Waals surface area contributed by atoms with Crippen LogP contribution in [0.3, 0.4) is 0 Å². The molecule has 0 heterocycles. The molecule has 4 aromatic carbocycles. The van der Waals surface area contributed by atoms with Crippen LogP contribution in [0.15, 0.2) is 106 Å². The molecule has 0 aliphatic heterocycles. The average molecular weight is 644 g/mol. The number of aliphatic hydroxyl groups excluding tert-OH is 6. The van der Waals surface area contributed by atoms with E-state index in [1.807, 2.05) is 0 Å². The zero-order chi connectivity index (χ0) is 27.4. The Bertz CT molecular complexity index is 1210. The van der Waals surface area contributed by atoms with Crippen LogP contribution in [0.4, 0.5) is 0 Å². The van der Waals surface area contributed by atoms with Gasteiger partial charge in [0.1, 0.15) is 36.6 Å². The first kappa shape index (κ1) is 28.6. The smallest absolute Gasteiger partial charge is 0.109 e. The van der Waals surface area contributed by atoms with Gasteiger partial charge in [0.15, 0.2) is 0 Å². The van der Waals surface area contributed by atoms with E-state index in [4.69, 9.17) is 0 Å². The standard InChI is InChI=1S/C30H28Br2O6/c31-23-13-9-21(10-14-23)29(37)27(35)19-5-1-17(2-6-19)25(33)26(34)18-3-7-20(8-4-18)28(36)30(38)22-11-15-24(32)16-12-22/h1-16,25-30,33-38H. The Balaban J connectivity index is 1.41. The molecule has 0 radical (unpaired) electrons. The van der Waals surface area contributed by atoms with Gasteiger partial charge in [-0.05, 0) is 57.6 Å². The first-order chi connectivity index (χ1) is 18.2. The van der Waals surface area contributed by atoms with Crippen LogP contribution in [0.2, 0.25) is 0 Å². The molecule has 0 bridgehead atoms. The van der Waals surface area contributed by atoms with Gasteiger partial charge in [0.25, 0.3) is 0 Å². The van der Waals surface area contributed by atoms with Crippen molar-refractivity contribution >= 4 is 31.9 Å². The zero-order valence-corrected chi connectivity index (χ0v) is 23.3. The Morgan fingerprint density at radius 2 is 0.421 bits per heavy atom. The van der Waals surface area contributed by atoms with Crippen LogP contribution in [0, 0.1) is 0 Å². The molecule has 0 aliphatic carbocycles. The number of hydrogen-bond donors (Lipinski definition) is 6. The number of hydrogen-bond acceptors (Lipinski definition) is 6. The molecule has 0 saturated carbocycles. The van der Waals surface area contributed by atoms with Gasteiger partial charge in [0.2, 0.25) is 0 Å². The molecule has 0 saturated heterocycles. The van der Waals surface area contributed by atoms with Crippen molar-refractivity contribution in [1.29, 1.82) is 0 Å². The third kappa shape index (κ3) is 6.59. The maximum atomic E-state index is 10.8. The summed E-state index contributed by atoms with van der Waals surface area (Å²) in [7, 11) is 0. The summed E-state index contributed by atoms with van der Waals surface area (Å²) < 4.78 is 1.73. The van der Waals surface area contributed by atoms with Gasteiger partial charge in [-0.2, -0.15) is 0 Å². The van der Waals surface area contributed by atoms with E-state index in [1.54, 1.807) is 97.1 Å². The summed E-state index contributed by atoms with van der Waals surface area (Å²) in [6.07, 6.45) is -7.08.